The molecular weight excluding hydrogens is 303 g/mol. The Bertz CT molecular complexity index is 627. The lowest BCUT2D eigenvalue weighted by Crippen LogP contribution is -2.00. The lowest BCUT2D eigenvalue weighted by Gasteiger charge is -2.09. The largest absolute Gasteiger partial charge is 0.380 e. The Morgan fingerprint density at radius 2 is 1.68 bits per heavy atom. The minimum Gasteiger partial charge on any atom is -0.380 e. The molecule has 19 heavy (non-hydrogen) atoms. The van der Waals surface area contributed by atoms with Gasteiger partial charge in [-0.2, -0.15) is 5.26 Å². The lowest BCUT2D eigenvalue weighted by molar-refractivity contribution is 1.15. The number of nitrogens with one attached hydrogen (secondary N) is 1. The van der Waals surface area contributed by atoms with E-state index in [0.717, 1.165) is 5.56 Å². The summed E-state index contributed by atoms with van der Waals surface area (Å²) in [5.41, 5.74) is 2.20. The van der Waals surface area contributed by atoms with E-state index in [1.54, 1.807) is 24.3 Å². The molecule has 0 heterocycles. The predicted molar refractivity (Wildman–Crippen MR) is 80.0 cm³/mol. The van der Waals surface area contributed by atoms with Gasteiger partial charge in [-0.15, -0.1) is 0 Å². The molecule has 0 radical (unpaired) electrons. The first-order valence-electron chi connectivity index (χ1n) is 5.47. The molecule has 0 spiro atoms. The van der Waals surface area contributed by atoms with Gasteiger partial charge in [0, 0.05) is 16.6 Å². The van der Waals surface area contributed by atoms with Gasteiger partial charge in [0.2, 0.25) is 0 Å². The monoisotopic (exact) mass is 310 g/mol. The minimum atomic E-state index is 0.523. The third-order valence-electron chi connectivity index (χ3n) is 2.50. The van der Waals surface area contributed by atoms with Gasteiger partial charge in [-0.25, -0.2) is 0 Å². The number of nitriles is 1. The van der Waals surface area contributed by atoms with Crippen LogP contribution < -0.4 is 5.32 Å². The Hall–Kier alpha value is -1.40. The molecule has 2 aromatic carbocycles. The van der Waals surface area contributed by atoms with Gasteiger partial charge < -0.3 is 5.32 Å². The van der Waals surface area contributed by atoms with Crippen molar-refractivity contribution in [1.82, 2.24) is 0 Å². The highest BCUT2D eigenvalue weighted by Crippen LogP contribution is 2.24. The Labute approximate surface area is 126 Å². The topological polar surface area (TPSA) is 35.8 Å². The van der Waals surface area contributed by atoms with Crippen molar-refractivity contribution >= 4 is 40.5 Å². The average Bonchev–Trinajstić information content (AvgIpc) is 2.37. The van der Waals surface area contributed by atoms with Gasteiger partial charge in [0.1, 0.15) is 0 Å². The number of benzene rings is 2. The zero-order chi connectivity index (χ0) is 13.8. The smallest absolute Gasteiger partial charge is 0.0992 e. The molecule has 0 saturated heterocycles. The van der Waals surface area contributed by atoms with E-state index < -0.39 is 0 Å². The summed E-state index contributed by atoms with van der Waals surface area (Å²) in [5, 5.41) is 13.7. The van der Waals surface area contributed by atoms with Crippen molar-refractivity contribution in [3.05, 3.63) is 62.6 Å². The molecule has 0 unspecified atom stereocenters. The first-order valence-corrected chi connectivity index (χ1v) is 6.60. The van der Waals surface area contributed by atoms with Crippen molar-refractivity contribution in [3.8, 4) is 6.07 Å². The fourth-order valence-corrected chi connectivity index (χ4v) is 2.40. The van der Waals surface area contributed by atoms with Crippen LogP contribution in [-0.4, -0.2) is 0 Å². The highest BCUT2D eigenvalue weighted by atomic mass is 35.5. The molecule has 0 aromatic heterocycles. The standard InChI is InChI=1S/C14H9Cl3N2/c15-11-3-10(4-12(16)6-11)8-19-14-5-9(7-18)1-2-13(14)17/h1-6,19H,8H2. The summed E-state index contributed by atoms with van der Waals surface area (Å²) >= 11 is 17.9. The molecule has 2 aromatic rings. The van der Waals surface area contributed by atoms with Crippen LogP contribution in [0.25, 0.3) is 0 Å². The summed E-state index contributed by atoms with van der Waals surface area (Å²) in [7, 11) is 0. The van der Waals surface area contributed by atoms with Gasteiger partial charge in [0.05, 0.1) is 22.3 Å². The minimum absolute atomic E-state index is 0.523. The Kier molecular flexibility index (Phi) is 4.55. The molecule has 1 N–H and O–H groups in total. The van der Waals surface area contributed by atoms with Crippen LogP contribution >= 0.6 is 34.8 Å². The van der Waals surface area contributed by atoms with Crippen LogP contribution in [0.15, 0.2) is 36.4 Å². The van der Waals surface area contributed by atoms with Crippen molar-refractivity contribution in [1.29, 1.82) is 5.26 Å². The van der Waals surface area contributed by atoms with Crippen LogP contribution in [0.5, 0.6) is 0 Å². The Morgan fingerprint density at radius 3 is 2.32 bits per heavy atom. The van der Waals surface area contributed by atoms with E-state index in [9.17, 15) is 0 Å². The molecule has 0 amide bonds. The van der Waals surface area contributed by atoms with Gasteiger partial charge in [-0.1, -0.05) is 34.8 Å². The zero-order valence-corrected chi connectivity index (χ0v) is 12.0. The van der Waals surface area contributed by atoms with E-state index in [2.05, 4.69) is 11.4 Å². The summed E-state index contributed by atoms with van der Waals surface area (Å²) in [6.07, 6.45) is 0. The van der Waals surface area contributed by atoms with Gasteiger partial charge in [0.25, 0.3) is 0 Å². The van der Waals surface area contributed by atoms with E-state index in [4.69, 9.17) is 40.1 Å². The zero-order valence-electron chi connectivity index (χ0n) is 9.75. The molecule has 96 valence electrons. The van der Waals surface area contributed by atoms with Crippen LogP contribution in [0.2, 0.25) is 15.1 Å². The quantitative estimate of drug-likeness (QED) is 0.853. The summed E-state index contributed by atoms with van der Waals surface area (Å²) < 4.78 is 0. The first-order chi connectivity index (χ1) is 9.08. The van der Waals surface area contributed by atoms with Crippen molar-refractivity contribution < 1.29 is 0 Å². The van der Waals surface area contributed by atoms with E-state index in [0.29, 0.717) is 32.9 Å². The molecule has 5 heteroatoms. The van der Waals surface area contributed by atoms with Crippen LogP contribution in [0.3, 0.4) is 0 Å². The summed E-state index contributed by atoms with van der Waals surface area (Å²) in [4.78, 5) is 0. The number of rotatable bonds is 3. The van der Waals surface area contributed by atoms with Crippen molar-refractivity contribution in [2.75, 3.05) is 5.32 Å². The van der Waals surface area contributed by atoms with E-state index in [1.165, 1.54) is 0 Å². The fourth-order valence-electron chi connectivity index (χ4n) is 1.64. The molecule has 2 nitrogen and oxygen atoms in total. The van der Waals surface area contributed by atoms with Crippen molar-refractivity contribution in [2.45, 2.75) is 6.54 Å². The predicted octanol–water partition coefficient (Wildman–Crippen LogP) is 5.13. The average molecular weight is 312 g/mol. The molecule has 0 fully saturated rings. The number of hydrogen-bond donors (Lipinski definition) is 1. The molecule has 0 bridgehead atoms. The Balaban J connectivity index is 2.16. The lowest BCUT2D eigenvalue weighted by atomic mass is 10.2. The van der Waals surface area contributed by atoms with Crippen molar-refractivity contribution in [3.63, 3.8) is 0 Å². The fraction of sp³-hybridized carbons (Fsp3) is 0.0714. The van der Waals surface area contributed by atoms with Crippen molar-refractivity contribution in [2.24, 2.45) is 0 Å². The SMILES string of the molecule is N#Cc1ccc(Cl)c(NCc2cc(Cl)cc(Cl)c2)c1. The van der Waals surface area contributed by atoms with Crippen LogP contribution in [0.1, 0.15) is 11.1 Å². The highest BCUT2D eigenvalue weighted by molar-refractivity contribution is 6.34. The van der Waals surface area contributed by atoms with Gasteiger partial charge in [0.15, 0.2) is 0 Å². The van der Waals surface area contributed by atoms with Crippen LogP contribution in [0.4, 0.5) is 5.69 Å². The maximum atomic E-state index is 8.86. The number of halogens is 3. The molecule has 0 aliphatic heterocycles. The van der Waals surface area contributed by atoms with Crippen LogP contribution in [-0.2, 0) is 6.54 Å². The van der Waals surface area contributed by atoms with Gasteiger partial charge in [-0.3, -0.25) is 0 Å². The molecule has 0 saturated carbocycles. The molecular formula is C14H9Cl3N2. The summed E-state index contributed by atoms with van der Waals surface area (Å²) in [5.74, 6) is 0. The Morgan fingerprint density at radius 1 is 1.00 bits per heavy atom. The van der Waals surface area contributed by atoms with E-state index in [-0.39, 0.29) is 0 Å². The molecule has 2 rings (SSSR count). The molecule has 0 aliphatic rings. The van der Waals surface area contributed by atoms with Crippen LogP contribution in [0, 0.1) is 11.3 Å². The maximum Gasteiger partial charge on any atom is 0.0992 e. The molecule has 0 atom stereocenters. The second-order valence-electron chi connectivity index (χ2n) is 3.94. The summed E-state index contributed by atoms with van der Waals surface area (Å²) in [6.45, 7) is 0.523. The van der Waals surface area contributed by atoms with E-state index >= 15 is 0 Å². The second-order valence-corrected chi connectivity index (χ2v) is 5.22. The first kappa shape index (κ1) is 14.0. The number of anilines is 1. The van der Waals surface area contributed by atoms with Gasteiger partial charge in [-0.05, 0) is 42.0 Å². The number of hydrogen-bond acceptors (Lipinski definition) is 2. The second kappa shape index (κ2) is 6.16. The molecule has 0 aliphatic carbocycles. The normalized spacial score (nSPS) is 10.0. The van der Waals surface area contributed by atoms with Gasteiger partial charge >= 0.3 is 0 Å². The van der Waals surface area contributed by atoms with E-state index in [1.807, 2.05) is 12.1 Å². The third-order valence-corrected chi connectivity index (χ3v) is 3.27. The summed E-state index contributed by atoms with van der Waals surface area (Å²) in [6, 6.07) is 12.5. The maximum absolute atomic E-state index is 8.86. The third kappa shape index (κ3) is 3.78. The highest BCUT2D eigenvalue weighted by Gasteiger charge is 2.03. The number of nitrogens with zero attached hydrogens (tertiary/aromatic N) is 1.